The van der Waals surface area contributed by atoms with Crippen LogP contribution in [-0.2, 0) is 9.68 Å². The number of rotatable bonds is 4. The average molecular weight is 194 g/mol. The van der Waals surface area contributed by atoms with Crippen molar-refractivity contribution in [3.05, 3.63) is 29.8 Å². The van der Waals surface area contributed by atoms with Crippen LogP contribution in [0, 0.1) is 6.92 Å². The number of hydrogen-bond donors (Lipinski definition) is 0. The molecule has 0 aromatic heterocycles. The van der Waals surface area contributed by atoms with Gasteiger partial charge in [0.25, 0.3) is 0 Å². The van der Waals surface area contributed by atoms with E-state index < -0.39 is 0 Å². The third-order valence-electron chi connectivity index (χ3n) is 1.71. The molecule has 1 aromatic rings. The quantitative estimate of drug-likeness (QED) is 0.546. The van der Waals surface area contributed by atoms with Crippen molar-refractivity contribution in [2.75, 3.05) is 0 Å². The summed E-state index contributed by atoms with van der Waals surface area (Å²) in [7, 11) is 0. The molecule has 0 aliphatic carbocycles. The molecular weight excluding hydrogens is 180 g/mol. The van der Waals surface area contributed by atoms with Crippen molar-refractivity contribution in [3.63, 3.8) is 0 Å². The fraction of sp³-hybridized carbons (Fsp3) is 0.364. The highest BCUT2D eigenvalue weighted by Crippen LogP contribution is 2.11. The Morgan fingerprint density at radius 2 is 1.93 bits per heavy atom. The molecule has 0 saturated heterocycles. The van der Waals surface area contributed by atoms with Gasteiger partial charge >= 0.3 is 5.97 Å². The van der Waals surface area contributed by atoms with Gasteiger partial charge in [-0.3, -0.25) is 9.78 Å². The van der Waals surface area contributed by atoms with Crippen LogP contribution >= 0.6 is 0 Å². The number of benzene rings is 1. The molecule has 0 spiro atoms. The second kappa shape index (κ2) is 5.27. The molecule has 3 nitrogen and oxygen atoms in total. The lowest BCUT2D eigenvalue weighted by atomic mass is 10.2. The van der Waals surface area contributed by atoms with E-state index in [4.69, 9.17) is 4.89 Å². The van der Waals surface area contributed by atoms with E-state index in [1.54, 1.807) is 12.1 Å². The third kappa shape index (κ3) is 3.47. The van der Waals surface area contributed by atoms with Crippen LogP contribution in [0.3, 0.4) is 0 Å². The molecule has 0 radical (unpaired) electrons. The van der Waals surface area contributed by atoms with Crippen LogP contribution in [-0.4, -0.2) is 5.97 Å². The Hall–Kier alpha value is -1.51. The van der Waals surface area contributed by atoms with Gasteiger partial charge in [-0.2, -0.15) is 0 Å². The van der Waals surface area contributed by atoms with Crippen molar-refractivity contribution in [1.29, 1.82) is 0 Å². The lowest BCUT2D eigenvalue weighted by Crippen LogP contribution is -2.06. The summed E-state index contributed by atoms with van der Waals surface area (Å²) in [5, 5.41) is 0. The lowest BCUT2D eigenvalue weighted by Gasteiger charge is -2.03. The molecule has 0 N–H and O–H groups in total. The molecule has 0 aliphatic rings. The predicted octanol–water partition coefficient (Wildman–Crippen LogP) is 2.63. The first kappa shape index (κ1) is 10.6. The molecular formula is C11H14O3. The Bertz CT molecular complexity index is 290. The molecule has 0 aliphatic heterocycles. The Kier molecular flexibility index (Phi) is 3.98. The molecule has 1 rings (SSSR count). The highest BCUT2D eigenvalue weighted by molar-refractivity contribution is 5.68. The van der Waals surface area contributed by atoms with Crippen molar-refractivity contribution in [3.8, 4) is 5.75 Å². The highest BCUT2D eigenvalue weighted by Gasteiger charge is 2.02. The van der Waals surface area contributed by atoms with E-state index in [9.17, 15) is 4.79 Å². The lowest BCUT2D eigenvalue weighted by molar-refractivity contribution is -0.213. The largest absolute Gasteiger partial charge is 0.355 e. The standard InChI is InChI=1S/C11H14O3/c1-3-4-11(12)14-13-10-7-5-9(2)6-8-10/h5-8H,3-4H2,1-2H3. The molecule has 76 valence electrons. The zero-order valence-electron chi connectivity index (χ0n) is 8.45. The first-order chi connectivity index (χ1) is 6.72. The maximum absolute atomic E-state index is 10.9. The van der Waals surface area contributed by atoms with Crippen LogP contribution < -0.4 is 4.89 Å². The molecule has 1 aromatic carbocycles. The Morgan fingerprint density at radius 1 is 1.29 bits per heavy atom. The van der Waals surface area contributed by atoms with E-state index in [2.05, 4.69) is 4.89 Å². The van der Waals surface area contributed by atoms with E-state index in [0.29, 0.717) is 12.2 Å². The van der Waals surface area contributed by atoms with E-state index in [-0.39, 0.29) is 5.97 Å². The van der Waals surface area contributed by atoms with Crippen molar-refractivity contribution >= 4 is 5.97 Å². The minimum atomic E-state index is -0.340. The van der Waals surface area contributed by atoms with E-state index in [1.165, 1.54) is 0 Å². The fourth-order valence-electron chi connectivity index (χ4n) is 0.934. The molecule has 0 saturated carbocycles. The first-order valence-electron chi connectivity index (χ1n) is 4.66. The van der Waals surface area contributed by atoms with Gasteiger partial charge in [0.2, 0.25) is 0 Å². The van der Waals surface area contributed by atoms with Crippen molar-refractivity contribution < 1.29 is 14.6 Å². The zero-order valence-corrected chi connectivity index (χ0v) is 8.45. The number of aryl methyl sites for hydroxylation is 1. The fourth-order valence-corrected chi connectivity index (χ4v) is 0.934. The minimum absolute atomic E-state index is 0.340. The monoisotopic (exact) mass is 194 g/mol. The molecule has 0 bridgehead atoms. The van der Waals surface area contributed by atoms with Crippen LogP contribution in [0.2, 0.25) is 0 Å². The van der Waals surface area contributed by atoms with Gasteiger partial charge in [0.15, 0.2) is 5.75 Å². The van der Waals surface area contributed by atoms with Gasteiger partial charge in [-0.25, -0.2) is 4.79 Å². The van der Waals surface area contributed by atoms with Crippen molar-refractivity contribution in [1.82, 2.24) is 0 Å². The number of carbonyl (C=O) groups excluding carboxylic acids is 1. The van der Waals surface area contributed by atoms with E-state index in [1.807, 2.05) is 26.0 Å². The van der Waals surface area contributed by atoms with Gasteiger partial charge in [-0.15, -0.1) is 0 Å². The Morgan fingerprint density at radius 3 is 2.50 bits per heavy atom. The van der Waals surface area contributed by atoms with Crippen molar-refractivity contribution in [2.45, 2.75) is 26.7 Å². The second-order valence-electron chi connectivity index (χ2n) is 3.10. The second-order valence-corrected chi connectivity index (χ2v) is 3.10. The smallest absolute Gasteiger partial charge is 0.287 e. The molecule has 0 amide bonds. The number of carbonyl (C=O) groups is 1. The summed E-state index contributed by atoms with van der Waals surface area (Å²) in [5.41, 5.74) is 1.14. The summed E-state index contributed by atoms with van der Waals surface area (Å²) in [6.45, 7) is 3.89. The molecule has 0 fully saturated rings. The summed E-state index contributed by atoms with van der Waals surface area (Å²) in [6.07, 6.45) is 1.14. The maximum Gasteiger partial charge on any atom is 0.355 e. The average Bonchev–Trinajstić information content (AvgIpc) is 2.17. The van der Waals surface area contributed by atoms with Gasteiger partial charge < -0.3 is 0 Å². The summed E-state index contributed by atoms with van der Waals surface area (Å²) in [5.74, 6) is 0.202. The third-order valence-corrected chi connectivity index (χ3v) is 1.71. The van der Waals surface area contributed by atoms with Gasteiger partial charge in [-0.1, -0.05) is 24.6 Å². The van der Waals surface area contributed by atoms with Gasteiger partial charge in [0.05, 0.1) is 0 Å². The van der Waals surface area contributed by atoms with Gasteiger partial charge in [0.1, 0.15) is 0 Å². The maximum atomic E-state index is 10.9. The van der Waals surface area contributed by atoms with Crippen LogP contribution in [0.25, 0.3) is 0 Å². The number of hydrogen-bond acceptors (Lipinski definition) is 3. The summed E-state index contributed by atoms with van der Waals surface area (Å²) >= 11 is 0. The normalized spacial score (nSPS) is 9.57. The van der Waals surface area contributed by atoms with Crippen molar-refractivity contribution in [2.24, 2.45) is 0 Å². The van der Waals surface area contributed by atoms with Crippen LogP contribution in [0.1, 0.15) is 25.3 Å². The van der Waals surface area contributed by atoms with Gasteiger partial charge in [0, 0.05) is 6.42 Å². The van der Waals surface area contributed by atoms with E-state index in [0.717, 1.165) is 12.0 Å². The summed E-state index contributed by atoms with van der Waals surface area (Å²) < 4.78 is 0. The molecule has 14 heavy (non-hydrogen) atoms. The molecule has 0 atom stereocenters. The minimum Gasteiger partial charge on any atom is -0.287 e. The Balaban J connectivity index is 2.38. The predicted molar refractivity (Wildman–Crippen MR) is 52.8 cm³/mol. The topological polar surface area (TPSA) is 35.5 Å². The zero-order chi connectivity index (χ0) is 10.4. The van der Waals surface area contributed by atoms with Crippen LogP contribution in [0.5, 0.6) is 5.75 Å². The molecule has 0 heterocycles. The van der Waals surface area contributed by atoms with Crippen LogP contribution in [0.4, 0.5) is 0 Å². The SMILES string of the molecule is CCCC(=O)OOc1ccc(C)cc1. The molecule has 0 unspecified atom stereocenters. The summed E-state index contributed by atoms with van der Waals surface area (Å²) in [4.78, 5) is 20.3. The van der Waals surface area contributed by atoms with Crippen LogP contribution in [0.15, 0.2) is 24.3 Å². The first-order valence-corrected chi connectivity index (χ1v) is 4.66. The van der Waals surface area contributed by atoms with Gasteiger partial charge in [-0.05, 0) is 25.5 Å². The van der Waals surface area contributed by atoms with E-state index >= 15 is 0 Å². The summed E-state index contributed by atoms with van der Waals surface area (Å²) in [6, 6.07) is 7.30. The Labute approximate surface area is 83.6 Å². The molecule has 3 heteroatoms. The highest BCUT2D eigenvalue weighted by atomic mass is 17.2.